The Hall–Kier alpha value is -2.52. The first kappa shape index (κ1) is 16.0. The van der Waals surface area contributed by atoms with Crippen LogP contribution >= 0.6 is 11.8 Å². The molecule has 0 bridgehead atoms. The van der Waals surface area contributed by atoms with Crippen LogP contribution in [0.5, 0.6) is 5.75 Å². The summed E-state index contributed by atoms with van der Waals surface area (Å²) in [6.07, 6.45) is 8.08. The standard InChI is InChI=1S/C19H16N2O3S/c20-10-11-1-4-13(5-2-11)24-14-6-8-15-12(9-14)3-7-16(15)17-18(22)21-19(23)25-17/h1-2,4-6,8-9,12,15-17H,3,7H2,(H,21,22,23)/t12?,15?,16-,17?/m1/s1. The van der Waals surface area contributed by atoms with Gasteiger partial charge in [0.25, 0.3) is 5.24 Å². The number of carbonyl (C=O) groups is 2. The van der Waals surface area contributed by atoms with Gasteiger partial charge in [-0.2, -0.15) is 5.26 Å². The molecule has 4 atom stereocenters. The minimum atomic E-state index is -0.276. The normalized spacial score (nSPS) is 30.4. The van der Waals surface area contributed by atoms with Crippen molar-refractivity contribution >= 4 is 22.9 Å². The highest BCUT2D eigenvalue weighted by Gasteiger charge is 2.46. The summed E-state index contributed by atoms with van der Waals surface area (Å²) >= 11 is 1.12. The van der Waals surface area contributed by atoms with Crippen molar-refractivity contribution in [1.82, 2.24) is 5.32 Å². The van der Waals surface area contributed by atoms with Gasteiger partial charge in [0.05, 0.1) is 16.9 Å². The van der Waals surface area contributed by atoms with Crippen molar-refractivity contribution in [3.05, 3.63) is 53.8 Å². The number of nitrogens with one attached hydrogen (secondary N) is 1. The molecular weight excluding hydrogens is 336 g/mol. The summed E-state index contributed by atoms with van der Waals surface area (Å²) in [5.74, 6) is 2.10. The van der Waals surface area contributed by atoms with E-state index >= 15 is 0 Å². The number of imide groups is 1. The second-order valence-corrected chi connectivity index (χ2v) is 7.58. The fourth-order valence-electron chi connectivity index (χ4n) is 3.85. The molecule has 1 saturated carbocycles. The topological polar surface area (TPSA) is 79.2 Å². The number of nitriles is 1. The summed E-state index contributed by atoms with van der Waals surface area (Å²) in [7, 11) is 0. The lowest BCUT2D eigenvalue weighted by Gasteiger charge is -2.25. The van der Waals surface area contributed by atoms with E-state index in [2.05, 4.69) is 23.5 Å². The molecule has 1 saturated heterocycles. The number of nitrogens with zero attached hydrogens (tertiary/aromatic N) is 1. The van der Waals surface area contributed by atoms with Crippen LogP contribution in [0.25, 0.3) is 0 Å². The summed E-state index contributed by atoms with van der Waals surface area (Å²) in [4.78, 5) is 23.4. The van der Waals surface area contributed by atoms with E-state index in [0.29, 0.717) is 17.2 Å². The van der Waals surface area contributed by atoms with Crippen LogP contribution in [0.2, 0.25) is 0 Å². The number of ether oxygens (including phenoxy) is 1. The average Bonchev–Trinajstić information content (AvgIpc) is 3.17. The number of fused-ring (bicyclic) bond motifs is 1. The summed E-state index contributed by atoms with van der Waals surface area (Å²) in [5.41, 5.74) is 0.598. The minimum Gasteiger partial charge on any atom is -0.458 e. The van der Waals surface area contributed by atoms with Crippen molar-refractivity contribution in [2.45, 2.75) is 18.1 Å². The van der Waals surface area contributed by atoms with Crippen molar-refractivity contribution in [3.63, 3.8) is 0 Å². The summed E-state index contributed by atoms with van der Waals surface area (Å²) in [5, 5.41) is 10.7. The number of allylic oxidation sites excluding steroid dienone is 3. The Balaban J connectivity index is 1.45. The van der Waals surface area contributed by atoms with Gasteiger partial charge in [-0.15, -0.1) is 0 Å². The Morgan fingerprint density at radius 2 is 2.00 bits per heavy atom. The molecular formula is C19H16N2O3S. The molecule has 2 amide bonds. The van der Waals surface area contributed by atoms with Crippen molar-refractivity contribution < 1.29 is 14.3 Å². The molecule has 0 aromatic heterocycles. The van der Waals surface area contributed by atoms with Crippen LogP contribution in [0.1, 0.15) is 18.4 Å². The van der Waals surface area contributed by atoms with Gasteiger partial charge in [0.15, 0.2) is 0 Å². The first-order chi connectivity index (χ1) is 12.1. The van der Waals surface area contributed by atoms with E-state index in [1.54, 1.807) is 24.3 Å². The number of benzene rings is 1. The summed E-state index contributed by atoms with van der Waals surface area (Å²) in [6, 6.07) is 9.09. The van der Waals surface area contributed by atoms with Crippen LogP contribution in [0.4, 0.5) is 4.79 Å². The highest BCUT2D eigenvalue weighted by Crippen LogP contribution is 2.47. The maximum absolute atomic E-state index is 12.0. The minimum absolute atomic E-state index is 0.155. The van der Waals surface area contributed by atoms with Crippen LogP contribution in [0, 0.1) is 29.1 Å². The predicted molar refractivity (Wildman–Crippen MR) is 93.6 cm³/mol. The quantitative estimate of drug-likeness (QED) is 0.902. The fourth-order valence-corrected chi connectivity index (χ4v) is 4.89. The van der Waals surface area contributed by atoms with Crippen molar-refractivity contribution in [2.75, 3.05) is 0 Å². The van der Waals surface area contributed by atoms with E-state index in [-0.39, 0.29) is 28.2 Å². The van der Waals surface area contributed by atoms with Crippen LogP contribution in [0.15, 0.2) is 48.3 Å². The average molecular weight is 352 g/mol. The second kappa shape index (κ2) is 6.41. The van der Waals surface area contributed by atoms with Crippen molar-refractivity contribution in [2.24, 2.45) is 17.8 Å². The number of hydrogen-bond donors (Lipinski definition) is 1. The third-order valence-electron chi connectivity index (χ3n) is 5.01. The van der Waals surface area contributed by atoms with Gasteiger partial charge in [0, 0.05) is 0 Å². The molecule has 1 aromatic rings. The molecule has 6 heteroatoms. The zero-order valence-corrected chi connectivity index (χ0v) is 14.2. The smallest absolute Gasteiger partial charge is 0.286 e. The SMILES string of the molecule is N#Cc1ccc(OC2=CC3CC[C@@H](C4SC(=O)NC4=O)C3C=C2)cc1. The molecule has 5 nitrogen and oxygen atoms in total. The molecule has 1 heterocycles. The molecule has 0 spiro atoms. The fraction of sp³-hybridized carbons (Fsp3) is 0.316. The van der Waals surface area contributed by atoms with Gasteiger partial charge < -0.3 is 4.74 Å². The van der Waals surface area contributed by atoms with Crippen LogP contribution in [-0.2, 0) is 4.79 Å². The molecule has 1 aromatic carbocycles. The molecule has 25 heavy (non-hydrogen) atoms. The van der Waals surface area contributed by atoms with Gasteiger partial charge in [-0.1, -0.05) is 17.8 Å². The number of rotatable bonds is 3. The zero-order valence-electron chi connectivity index (χ0n) is 13.3. The number of thioether (sulfide) groups is 1. The van der Waals surface area contributed by atoms with Gasteiger partial charge in [-0.3, -0.25) is 14.9 Å². The summed E-state index contributed by atoms with van der Waals surface area (Å²) < 4.78 is 5.89. The maximum Gasteiger partial charge on any atom is 0.286 e. The molecule has 2 fully saturated rings. The lowest BCUT2D eigenvalue weighted by Crippen LogP contribution is -2.32. The number of carbonyl (C=O) groups excluding carboxylic acids is 2. The molecule has 4 rings (SSSR count). The van der Waals surface area contributed by atoms with Gasteiger partial charge in [0.1, 0.15) is 11.5 Å². The second-order valence-electron chi connectivity index (χ2n) is 6.46. The maximum atomic E-state index is 12.0. The number of hydrogen-bond acceptors (Lipinski definition) is 5. The third kappa shape index (κ3) is 3.08. The first-order valence-corrected chi connectivity index (χ1v) is 9.11. The highest BCUT2D eigenvalue weighted by molar-refractivity contribution is 8.15. The van der Waals surface area contributed by atoms with Gasteiger partial charge in [-0.05, 0) is 67.0 Å². The molecule has 1 N–H and O–H groups in total. The van der Waals surface area contributed by atoms with E-state index in [0.717, 1.165) is 30.4 Å². The molecule has 126 valence electrons. The summed E-state index contributed by atoms with van der Waals surface area (Å²) in [6.45, 7) is 0. The van der Waals surface area contributed by atoms with Gasteiger partial charge in [-0.25, -0.2) is 0 Å². The van der Waals surface area contributed by atoms with Crippen LogP contribution in [0.3, 0.4) is 0 Å². The molecule has 2 aliphatic carbocycles. The van der Waals surface area contributed by atoms with E-state index in [4.69, 9.17) is 10.00 Å². The zero-order chi connectivity index (χ0) is 17.4. The Morgan fingerprint density at radius 3 is 2.68 bits per heavy atom. The monoisotopic (exact) mass is 352 g/mol. The van der Waals surface area contributed by atoms with Crippen LogP contribution < -0.4 is 10.1 Å². The third-order valence-corrected chi connectivity index (χ3v) is 6.14. The molecule has 3 aliphatic rings. The number of amides is 2. The van der Waals surface area contributed by atoms with E-state index < -0.39 is 0 Å². The molecule has 3 unspecified atom stereocenters. The van der Waals surface area contributed by atoms with Crippen LogP contribution in [-0.4, -0.2) is 16.4 Å². The Labute approximate surface area is 149 Å². The van der Waals surface area contributed by atoms with Gasteiger partial charge >= 0.3 is 0 Å². The highest BCUT2D eigenvalue weighted by atomic mass is 32.2. The van der Waals surface area contributed by atoms with E-state index in [9.17, 15) is 9.59 Å². The van der Waals surface area contributed by atoms with E-state index in [1.165, 1.54) is 0 Å². The Morgan fingerprint density at radius 1 is 1.20 bits per heavy atom. The van der Waals surface area contributed by atoms with Crippen molar-refractivity contribution in [1.29, 1.82) is 5.26 Å². The van der Waals surface area contributed by atoms with Gasteiger partial charge in [0.2, 0.25) is 5.91 Å². The Bertz CT molecular complexity index is 822. The van der Waals surface area contributed by atoms with E-state index in [1.807, 2.05) is 6.08 Å². The lowest BCUT2D eigenvalue weighted by atomic mass is 9.84. The predicted octanol–water partition coefficient (Wildman–Crippen LogP) is 3.38. The van der Waals surface area contributed by atoms with Crippen molar-refractivity contribution in [3.8, 4) is 11.8 Å². The largest absolute Gasteiger partial charge is 0.458 e. The lowest BCUT2D eigenvalue weighted by molar-refractivity contribution is -0.119. The first-order valence-electron chi connectivity index (χ1n) is 8.23. The molecule has 1 aliphatic heterocycles. The Kier molecular flexibility index (Phi) is 4.10. The molecule has 0 radical (unpaired) electrons.